The SMILES string of the molecule is Cc1cc(-c2cn3c(N)csc3n2)ccc1F. The molecule has 0 amide bonds. The van der Waals surface area contributed by atoms with Gasteiger partial charge in [-0.25, -0.2) is 9.37 Å². The Morgan fingerprint density at radius 2 is 2.24 bits per heavy atom. The summed E-state index contributed by atoms with van der Waals surface area (Å²) < 4.78 is 15.0. The van der Waals surface area contributed by atoms with Crippen molar-refractivity contribution < 1.29 is 4.39 Å². The molecule has 5 heteroatoms. The van der Waals surface area contributed by atoms with Crippen molar-refractivity contribution in [3.63, 3.8) is 0 Å². The number of imidazole rings is 1. The van der Waals surface area contributed by atoms with E-state index in [1.165, 1.54) is 17.4 Å². The molecule has 0 aliphatic heterocycles. The Bertz CT molecular complexity index is 699. The van der Waals surface area contributed by atoms with Crippen LogP contribution in [0.1, 0.15) is 5.56 Å². The molecular formula is C12H10FN3S. The van der Waals surface area contributed by atoms with Gasteiger partial charge >= 0.3 is 0 Å². The Labute approximate surface area is 101 Å². The zero-order chi connectivity index (χ0) is 12.0. The van der Waals surface area contributed by atoms with Crippen molar-refractivity contribution >= 4 is 22.1 Å². The summed E-state index contributed by atoms with van der Waals surface area (Å²) in [5, 5.41) is 1.85. The van der Waals surface area contributed by atoms with Crippen LogP contribution >= 0.6 is 11.3 Å². The van der Waals surface area contributed by atoms with Crippen LogP contribution in [0.3, 0.4) is 0 Å². The van der Waals surface area contributed by atoms with Crippen molar-refractivity contribution in [3.05, 3.63) is 41.2 Å². The topological polar surface area (TPSA) is 43.3 Å². The maximum Gasteiger partial charge on any atom is 0.195 e. The summed E-state index contributed by atoms with van der Waals surface area (Å²) >= 11 is 1.49. The number of halogens is 1. The summed E-state index contributed by atoms with van der Waals surface area (Å²) in [5.41, 5.74) is 8.13. The van der Waals surface area contributed by atoms with Gasteiger partial charge in [0.2, 0.25) is 0 Å². The molecule has 17 heavy (non-hydrogen) atoms. The quantitative estimate of drug-likeness (QED) is 0.718. The standard InChI is InChI=1S/C12H10FN3S/c1-7-4-8(2-3-9(7)13)10-5-16-11(14)6-17-12(16)15-10/h2-6H,14H2,1H3. The lowest BCUT2D eigenvalue weighted by Crippen LogP contribution is -1.88. The third-order valence-corrected chi connectivity index (χ3v) is 3.55. The van der Waals surface area contributed by atoms with Gasteiger partial charge in [-0.3, -0.25) is 4.40 Å². The van der Waals surface area contributed by atoms with E-state index in [9.17, 15) is 4.39 Å². The van der Waals surface area contributed by atoms with Crippen LogP contribution in [0.5, 0.6) is 0 Å². The van der Waals surface area contributed by atoms with E-state index in [1.54, 1.807) is 19.1 Å². The molecule has 1 aromatic carbocycles. The number of hydrogen-bond donors (Lipinski definition) is 1. The fourth-order valence-corrected chi connectivity index (χ4v) is 2.51. The van der Waals surface area contributed by atoms with Crippen molar-refractivity contribution in [1.29, 1.82) is 0 Å². The van der Waals surface area contributed by atoms with Crippen LogP contribution in [0.15, 0.2) is 29.8 Å². The first kappa shape index (κ1) is 10.3. The van der Waals surface area contributed by atoms with E-state index in [2.05, 4.69) is 4.98 Å². The van der Waals surface area contributed by atoms with E-state index >= 15 is 0 Å². The molecule has 0 saturated heterocycles. The van der Waals surface area contributed by atoms with Crippen molar-refractivity contribution in [1.82, 2.24) is 9.38 Å². The molecule has 0 aliphatic carbocycles. The van der Waals surface area contributed by atoms with Crippen LogP contribution in [0.25, 0.3) is 16.2 Å². The molecule has 2 N–H and O–H groups in total. The number of aromatic nitrogens is 2. The van der Waals surface area contributed by atoms with Gasteiger partial charge in [-0.2, -0.15) is 0 Å². The summed E-state index contributed by atoms with van der Waals surface area (Å²) in [6.45, 7) is 1.74. The molecule has 86 valence electrons. The van der Waals surface area contributed by atoms with Gasteiger partial charge in [0.1, 0.15) is 11.6 Å². The predicted octanol–water partition coefficient (Wildman–Crippen LogP) is 3.09. The Morgan fingerprint density at radius 1 is 1.41 bits per heavy atom. The lowest BCUT2D eigenvalue weighted by atomic mass is 10.1. The molecule has 2 heterocycles. The van der Waals surface area contributed by atoms with Gasteiger partial charge in [0.25, 0.3) is 0 Å². The van der Waals surface area contributed by atoms with Crippen molar-refractivity contribution in [2.45, 2.75) is 6.92 Å². The van der Waals surface area contributed by atoms with Crippen LogP contribution < -0.4 is 5.73 Å². The fraction of sp³-hybridized carbons (Fsp3) is 0.0833. The van der Waals surface area contributed by atoms with Gasteiger partial charge in [0, 0.05) is 17.1 Å². The highest BCUT2D eigenvalue weighted by molar-refractivity contribution is 7.15. The minimum Gasteiger partial charge on any atom is -0.384 e. The second-order valence-corrected chi connectivity index (χ2v) is 4.74. The zero-order valence-electron chi connectivity index (χ0n) is 9.14. The highest BCUT2D eigenvalue weighted by Gasteiger charge is 2.08. The Balaban J connectivity index is 2.16. The van der Waals surface area contributed by atoms with Crippen LogP contribution in [-0.2, 0) is 0 Å². The molecule has 2 aromatic heterocycles. The maximum absolute atomic E-state index is 13.2. The summed E-state index contributed by atoms with van der Waals surface area (Å²) in [6.07, 6.45) is 1.87. The number of thiazole rings is 1. The van der Waals surface area contributed by atoms with E-state index in [0.29, 0.717) is 11.4 Å². The number of nitrogens with zero attached hydrogens (tertiary/aromatic N) is 2. The summed E-state index contributed by atoms with van der Waals surface area (Å²) in [7, 11) is 0. The zero-order valence-corrected chi connectivity index (χ0v) is 9.96. The van der Waals surface area contributed by atoms with Gasteiger partial charge in [-0.15, -0.1) is 11.3 Å². The Morgan fingerprint density at radius 3 is 2.94 bits per heavy atom. The number of fused-ring (bicyclic) bond motifs is 1. The molecule has 0 fully saturated rings. The van der Waals surface area contributed by atoms with Crippen molar-refractivity contribution in [3.8, 4) is 11.3 Å². The average molecular weight is 247 g/mol. The Hall–Kier alpha value is -1.88. The van der Waals surface area contributed by atoms with Gasteiger partial charge in [0.15, 0.2) is 4.96 Å². The third-order valence-electron chi connectivity index (χ3n) is 2.69. The van der Waals surface area contributed by atoms with E-state index in [1.807, 2.05) is 16.0 Å². The third kappa shape index (κ3) is 1.59. The van der Waals surface area contributed by atoms with Crippen LogP contribution in [0, 0.1) is 12.7 Å². The lowest BCUT2D eigenvalue weighted by Gasteiger charge is -1.99. The van der Waals surface area contributed by atoms with Crippen molar-refractivity contribution in [2.24, 2.45) is 0 Å². The van der Waals surface area contributed by atoms with Crippen LogP contribution in [-0.4, -0.2) is 9.38 Å². The molecule has 0 radical (unpaired) electrons. The van der Waals surface area contributed by atoms with Gasteiger partial charge < -0.3 is 5.73 Å². The number of nitrogens with two attached hydrogens (primary N) is 1. The highest BCUT2D eigenvalue weighted by atomic mass is 32.1. The fourth-order valence-electron chi connectivity index (χ4n) is 1.74. The Kier molecular flexibility index (Phi) is 2.16. The maximum atomic E-state index is 13.2. The van der Waals surface area contributed by atoms with Crippen molar-refractivity contribution in [2.75, 3.05) is 5.73 Å². The first-order valence-electron chi connectivity index (χ1n) is 5.14. The minimum absolute atomic E-state index is 0.200. The second kappa shape index (κ2) is 3.56. The van der Waals surface area contributed by atoms with E-state index in [0.717, 1.165) is 16.2 Å². The molecule has 3 aromatic rings. The normalized spacial score (nSPS) is 11.2. The molecule has 0 bridgehead atoms. The van der Waals surface area contributed by atoms with Gasteiger partial charge in [-0.05, 0) is 30.7 Å². The second-order valence-electron chi connectivity index (χ2n) is 3.90. The molecule has 0 unspecified atom stereocenters. The number of nitrogen functional groups attached to an aromatic ring is 1. The predicted molar refractivity (Wildman–Crippen MR) is 67.6 cm³/mol. The molecule has 0 spiro atoms. The molecule has 3 rings (SSSR count). The van der Waals surface area contributed by atoms with Gasteiger partial charge in [0.05, 0.1) is 5.69 Å². The van der Waals surface area contributed by atoms with E-state index < -0.39 is 0 Å². The summed E-state index contributed by atoms with van der Waals surface area (Å²) in [4.78, 5) is 5.30. The van der Waals surface area contributed by atoms with Crippen LogP contribution in [0.2, 0.25) is 0 Å². The average Bonchev–Trinajstić information content (AvgIpc) is 2.86. The number of rotatable bonds is 1. The first-order valence-corrected chi connectivity index (χ1v) is 6.02. The molecule has 0 saturated carbocycles. The number of hydrogen-bond acceptors (Lipinski definition) is 3. The van der Waals surface area contributed by atoms with Gasteiger partial charge in [-0.1, -0.05) is 0 Å². The summed E-state index contributed by atoms with van der Waals surface area (Å²) in [6, 6.07) is 4.98. The molecule has 3 nitrogen and oxygen atoms in total. The minimum atomic E-state index is -0.200. The lowest BCUT2D eigenvalue weighted by molar-refractivity contribution is 0.619. The molecule has 0 atom stereocenters. The van der Waals surface area contributed by atoms with Crippen LogP contribution in [0.4, 0.5) is 10.2 Å². The largest absolute Gasteiger partial charge is 0.384 e. The van der Waals surface area contributed by atoms with E-state index in [-0.39, 0.29) is 5.82 Å². The molecule has 0 aliphatic rings. The van der Waals surface area contributed by atoms with E-state index in [4.69, 9.17) is 5.73 Å². The first-order chi connectivity index (χ1) is 8.15. The number of aryl methyl sites for hydroxylation is 1. The number of benzene rings is 1. The molecular weight excluding hydrogens is 237 g/mol. The monoisotopic (exact) mass is 247 g/mol. The highest BCUT2D eigenvalue weighted by Crippen LogP contribution is 2.25. The summed E-state index contributed by atoms with van der Waals surface area (Å²) in [5.74, 6) is 0.469. The number of anilines is 1. The smallest absolute Gasteiger partial charge is 0.195 e.